The van der Waals surface area contributed by atoms with E-state index in [1.807, 2.05) is 53.1 Å². The summed E-state index contributed by atoms with van der Waals surface area (Å²) in [7, 11) is 1.35. The number of rotatable bonds is 3. The number of fused-ring (bicyclic) bond motifs is 1. The number of methoxy groups -OCH3 is 1. The number of imidazole rings is 1. The minimum atomic E-state index is -0.441. The number of esters is 1. The highest BCUT2D eigenvalue weighted by Gasteiger charge is 2.18. The summed E-state index contributed by atoms with van der Waals surface area (Å²) in [6, 6.07) is 13.2. The van der Waals surface area contributed by atoms with Crippen LogP contribution >= 0.6 is 11.6 Å². The molecule has 0 N–H and O–H groups in total. The van der Waals surface area contributed by atoms with Gasteiger partial charge >= 0.3 is 5.97 Å². The number of hydrogen-bond acceptors (Lipinski definition) is 3. The Morgan fingerprint density at radius 3 is 2.76 bits per heavy atom. The van der Waals surface area contributed by atoms with E-state index in [1.54, 1.807) is 0 Å². The fraction of sp³-hybridized carbons (Fsp3) is 0.125. The summed E-state index contributed by atoms with van der Waals surface area (Å²) >= 11 is 6.19. The first-order chi connectivity index (χ1) is 10.2. The molecule has 0 amide bonds. The highest BCUT2D eigenvalue weighted by Crippen LogP contribution is 2.21. The lowest BCUT2D eigenvalue weighted by Crippen LogP contribution is -2.02. The molecule has 21 heavy (non-hydrogen) atoms. The van der Waals surface area contributed by atoms with Crippen LogP contribution in [0.15, 0.2) is 48.7 Å². The summed E-state index contributed by atoms with van der Waals surface area (Å²) in [5.41, 5.74) is 2.01. The first kappa shape index (κ1) is 13.6. The van der Waals surface area contributed by atoms with Crippen molar-refractivity contribution >= 4 is 23.1 Å². The lowest BCUT2D eigenvalue weighted by molar-refractivity contribution is 0.0597. The van der Waals surface area contributed by atoms with Crippen LogP contribution in [0.3, 0.4) is 0 Å². The van der Waals surface area contributed by atoms with E-state index >= 15 is 0 Å². The number of ether oxygens (including phenoxy) is 1. The quantitative estimate of drug-likeness (QED) is 0.697. The summed E-state index contributed by atoms with van der Waals surface area (Å²) < 4.78 is 6.68. The highest BCUT2D eigenvalue weighted by atomic mass is 35.5. The van der Waals surface area contributed by atoms with Crippen LogP contribution < -0.4 is 0 Å². The van der Waals surface area contributed by atoms with Crippen LogP contribution in [0.1, 0.15) is 21.9 Å². The smallest absolute Gasteiger partial charge is 0.358 e. The lowest BCUT2D eigenvalue weighted by Gasteiger charge is -2.03. The molecular weight excluding hydrogens is 288 g/mol. The van der Waals surface area contributed by atoms with Crippen molar-refractivity contribution in [1.29, 1.82) is 0 Å². The van der Waals surface area contributed by atoms with E-state index in [4.69, 9.17) is 16.3 Å². The molecule has 0 fully saturated rings. The molecule has 3 rings (SSSR count). The van der Waals surface area contributed by atoms with E-state index in [0.29, 0.717) is 17.1 Å². The molecule has 0 aliphatic carbocycles. The van der Waals surface area contributed by atoms with Gasteiger partial charge in [0.05, 0.1) is 12.6 Å². The Bertz CT molecular complexity index is 811. The van der Waals surface area contributed by atoms with Crippen LogP contribution in [0.2, 0.25) is 5.02 Å². The molecular formula is C16H13ClN2O2. The van der Waals surface area contributed by atoms with Crippen molar-refractivity contribution in [3.63, 3.8) is 0 Å². The van der Waals surface area contributed by atoms with Crippen LogP contribution in [-0.2, 0) is 11.2 Å². The average Bonchev–Trinajstić information content (AvgIpc) is 2.88. The van der Waals surface area contributed by atoms with Crippen molar-refractivity contribution in [2.24, 2.45) is 0 Å². The minimum absolute atomic E-state index is 0.320. The van der Waals surface area contributed by atoms with Gasteiger partial charge in [-0.2, -0.15) is 0 Å². The largest absolute Gasteiger partial charge is 0.464 e. The standard InChI is InChI=1S/C16H13ClN2O2/c1-21-16(20)15-13-8-4-5-9-19(13)14(18-15)10-11-6-2-3-7-12(11)17/h2-9H,10H2,1H3. The van der Waals surface area contributed by atoms with Gasteiger partial charge < -0.3 is 9.14 Å². The number of halogens is 1. The Hall–Kier alpha value is -2.33. The summed E-state index contributed by atoms with van der Waals surface area (Å²) in [6.45, 7) is 0. The number of aromatic nitrogens is 2. The number of benzene rings is 1. The van der Waals surface area contributed by atoms with Gasteiger partial charge in [0.1, 0.15) is 5.82 Å². The van der Waals surface area contributed by atoms with Crippen molar-refractivity contribution in [2.75, 3.05) is 7.11 Å². The van der Waals surface area contributed by atoms with Gasteiger partial charge in [0.2, 0.25) is 0 Å². The second-order valence-corrected chi connectivity index (χ2v) is 5.00. The molecule has 3 aromatic rings. The predicted molar refractivity (Wildman–Crippen MR) is 80.8 cm³/mol. The van der Waals surface area contributed by atoms with Crippen LogP contribution in [0.4, 0.5) is 0 Å². The predicted octanol–water partition coefficient (Wildman–Crippen LogP) is 3.37. The maximum atomic E-state index is 11.8. The Balaban J connectivity index is 2.11. The van der Waals surface area contributed by atoms with Crippen LogP contribution in [-0.4, -0.2) is 22.5 Å². The van der Waals surface area contributed by atoms with E-state index in [-0.39, 0.29) is 0 Å². The SMILES string of the molecule is COC(=O)c1nc(Cc2ccccc2Cl)n2ccccc12. The number of pyridine rings is 1. The zero-order valence-electron chi connectivity index (χ0n) is 11.4. The zero-order chi connectivity index (χ0) is 14.8. The lowest BCUT2D eigenvalue weighted by atomic mass is 10.1. The van der Waals surface area contributed by atoms with Gasteiger partial charge in [0.15, 0.2) is 5.69 Å². The Morgan fingerprint density at radius 2 is 2.00 bits per heavy atom. The number of nitrogens with zero attached hydrogens (tertiary/aromatic N) is 2. The van der Waals surface area contributed by atoms with Crippen molar-refractivity contribution in [1.82, 2.24) is 9.38 Å². The maximum absolute atomic E-state index is 11.8. The van der Waals surface area contributed by atoms with Crippen molar-refractivity contribution in [2.45, 2.75) is 6.42 Å². The fourth-order valence-corrected chi connectivity index (χ4v) is 2.49. The van der Waals surface area contributed by atoms with Gasteiger partial charge in [-0.05, 0) is 23.8 Å². The monoisotopic (exact) mass is 300 g/mol. The molecule has 0 atom stereocenters. The fourth-order valence-electron chi connectivity index (χ4n) is 2.29. The van der Waals surface area contributed by atoms with Crippen molar-refractivity contribution in [3.8, 4) is 0 Å². The van der Waals surface area contributed by atoms with Gasteiger partial charge in [-0.25, -0.2) is 9.78 Å². The Kier molecular flexibility index (Phi) is 3.62. The van der Waals surface area contributed by atoms with E-state index < -0.39 is 5.97 Å². The summed E-state index contributed by atoms with van der Waals surface area (Å²) in [5.74, 6) is 0.309. The second kappa shape index (κ2) is 5.58. The molecule has 0 aliphatic rings. The molecule has 2 heterocycles. The van der Waals surface area contributed by atoms with E-state index in [1.165, 1.54) is 7.11 Å². The molecule has 0 bridgehead atoms. The molecule has 0 spiro atoms. The molecule has 4 nitrogen and oxygen atoms in total. The Labute approximate surface area is 126 Å². The van der Waals surface area contributed by atoms with Gasteiger partial charge in [0, 0.05) is 17.6 Å². The Morgan fingerprint density at radius 1 is 1.24 bits per heavy atom. The van der Waals surface area contributed by atoms with Gasteiger partial charge in [0.25, 0.3) is 0 Å². The number of hydrogen-bond donors (Lipinski definition) is 0. The molecule has 106 valence electrons. The van der Waals surface area contributed by atoms with Crippen LogP contribution in [0.25, 0.3) is 5.52 Å². The first-order valence-corrected chi connectivity index (χ1v) is 6.86. The third-order valence-electron chi connectivity index (χ3n) is 3.31. The number of carbonyl (C=O) groups excluding carboxylic acids is 1. The van der Waals surface area contributed by atoms with Crippen molar-refractivity contribution in [3.05, 3.63) is 70.8 Å². The molecule has 0 saturated heterocycles. The van der Waals surface area contributed by atoms with Crippen LogP contribution in [0, 0.1) is 0 Å². The topological polar surface area (TPSA) is 43.6 Å². The third-order valence-corrected chi connectivity index (χ3v) is 3.68. The first-order valence-electron chi connectivity index (χ1n) is 6.48. The van der Waals surface area contributed by atoms with Gasteiger partial charge in [-0.15, -0.1) is 0 Å². The molecule has 1 aromatic carbocycles. The summed E-state index contributed by atoms with van der Waals surface area (Å²) in [5, 5.41) is 0.685. The summed E-state index contributed by atoms with van der Waals surface area (Å²) in [6.07, 6.45) is 2.42. The molecule has 5 heteroatoms. The molecule has 0 unspecified atom stereocenters. The second-order valence-electron chi connectivity index (χ2n) is 4.59. The average molecular weight is 301 g/mol. The molecule has 0 aliphatic heterocycles. The molecule has 0 saturated carbocycles. The highest BCUT2D eigenvalue weighted by molar-refractivity contribution is 6.31. The van der Waals surface area contributed by atoms with E-state index in [2.05, 4.69) is 4.98 Å². The van der Waals surface area contributed by atoms with Crippen molar-refractivity contribution < 1.29 is 9.53 Å². The van der Waals surface area contributed by atoms with Gasteiger partial charge in [-0.1, -0.05) is 35.9 Å². The number of carbonyl (C=O) groups is 1. The minimum Gasteiger partial charge on any atom is -0.464 e. The summed E-state index contributed by atoms with van der Waals surface area (Å²) in [4.78, 5) is 16.3. The molecule has 2 aromatic heterocycles. The normalized spacial score (nSPS) is 10.8. The van der Waals surface area contributed by atoms with Gasteiger partial charge in [-0.3, -0.25) is 0 Å². The van der Waals surface area contributed by atoms with E-state index in [9.17, 15) is 4.79 Å². The van der Waals surface area contributed by atoms with Crippen LogP contribution in [0.5, 0.6) is 0 Å². The zero-order valence-corrected chi connectivity index (χ0v) is 12.2. The maximum Gasteiger partial charge on any atom is 0.358 e. The van der Waals surface area contributed by atoms with E-state index in [0.717, 1.165) is 16.9 Å². The molecule has 0 radical (unpaired) electrons. The third kappa shape index (κ3) is 2.50.